The minimum Gasteiger partial charge on any atom is -0.265 e. The van der Waals surface area contributed by atoms with Crippen molar-refractivity contribution in [1.29, 1.82) is 0 Å². The first-order valence-electron chi connectivity index (χ1n) is 19.4. The van der Waals surface area contributed by atoms with E-state index in [0.29, 0.717) is 0 Å². The number of aromatic nitrogens is 3. The fourth-order valence-corrected chi connectivity index (χ4v) is 11.9. The Morgan fingerprint density at radius 2 is 0.611 bits per heavy atom. The van der Waals surface area contributed by atoms with Crippen LogP contribution in [0.1, 0.15) is 130 Å². The maximum Gasteiger partial charge on any atom is 0.0317 e. The summed E-state index contributed by atoms with van der Waals surface area (Å²) in [6.07, 6.45) is 18.6. The molecule has 3 aromatic heterocycles. The zero-order chi connectivity index (χ0) is 37.6. The Morgan fingerprint density at radius 3 is 0.852 bits per heavy atom. The molecule has 0 aliphatic heterocycles. The molecule has 0 N–H and O–H groups in total. The molecule has 3 heteroatoms. The predicted molar refractivity (Wildman–Crippen MR) is 216 cm³/mol. The summed E-state index contributed by atoms with van der Waals surface area (Å²) in [4.78, 5) is 12.7. The van der Waals surface area contributed by atoms with Gasteiger partial charge >= 0.3 is 0 Å². The zero-order valence-electron chi connectivity index (χ0n) is 32.7. The molecule has 0 unspecified atom stereocenters. The van der Waals surface area contributed by atoms with Crippen LogP contribution < -0.4 is 0 Å². The lowest BCUT2D eigenvalue weighted by molar-refractivity contribution is 0.240. The highest BCUT2D eigenvalue weighted by molar-refractivity contribution is 5.83. The first-order chi connectivity index (χ1) is 25.7. The van der Waals surface area contributed by atoms with E-state index in [-0.39, 0.29) is 50.2 Å². The van der Waals surface area contributed by atoms with Gasteiger partial charge in [-0.15, -0.1) is 0 Å². The van der Waals surface area contributed by atoms with Crippen molar-refractivity contribution in [3.63, 3.8) is 0 Å². The number of hydrogen-bond donors (Lipinski definition) is 0. The Hall–Kier alpha value is -5.43. The van der Waals surface area contributed by atoms with Gasteiger partial charge in [0.25, 0.3) is 0 Å². The van der Waals surface area contributed by atoms with Crippen LogP contribution in [-0.2, 0) is 16.2 Å². The fourth-order valence-electron chi connectivity index (χ4n) is 11.9. The second kappa shape index (κ2) is 10.4. The van der Waals surface area contributed by atoms with Crippen molar-refractivity contribution in [2.24, 2.45) is 16.2 Å². The summed E-state index contributed by atoms with van der Waals surface area (Å²) < 4.78 is 0. The van der Waals surface area contributed by atoms with E-state index in [1.807, 2.05) is 73.6 Å². The van der Waals surface area contributed by atoms with Crippen molar-refractivity contribution in [2.75, 3.05) is 0 Å². The van der Waals surface area contributed by atoms with Crippen LogP contribution in [0, 0.1) is 51.8 Å². The monoisotopic (exact) mass is 699 g/mol. The molecule has 1 aromatic carbocycles. The van der Waals surface area contributed by atoms with Gasteiger partial charge in [-0.2, -0.15) is 0 Å². The van der Waals surface area contributed by atoms with E-state index < -0.39 is 0 Å². The number of benzene rings is 1. The number of fused-ring (bicyclic) bond motifs is 18. The number of rotatable bonds is 0. The lowest BCUT2D eigenvalue weighted by Gasteiger charge is -2.41. The third kappa shape index (κ3) is 3.66. The molecule has 3 heterocycles. The highest BCUT2D eigenvalue weighted by atomic mass is 14.7. The molecule has 3 nitrogen and oxygen atoms in total. The lowest BCUT2D eigenvalue weighted by atomic mass is 9.61. The van der Waals surface area contributed by atoms with Crippen molar-refractivity contribution in [3.05, 3.63) is 159 Å². The maximum absolute atomic E-state index is 4.24. The molecule has 6 atom stereocenters. The van der Waals surface area contributed by atoms with Gasteiger partial charge in [-0.25, -0.2) is 0 Å². The van der Waals surface area contributed by atoms with Gasteiger partial charge in [0.15, 0.2) is 0 Å². The van der Waals surface area contributed by atoms with Crippen LogP contribution >= 0.6 is 0 Å². The molecule has 0 saturated carbocycles. The molecular formula is C51H45N3. The smallest absolute Gasteiger partial charge is 0.0317 e. The second-order valence-corrected chi connectivity index (χ2v) is 18.5. The van der Waals surface area contributed by atoms with Crippen LogP contribution in [-0.4, -0.2) is 15.0 Å². The first kappa shape index (κ1) is 33.2. The van der Waals surface area contributed by atoms with Crippen LogP contribution in [0.4, 0.5) is 0 Å². The van der Waals surface area contributed by atoms with Crippen LogP contribution in [0.2, 0.25) is 0 Å². The van der Waals surface area contributed by atoms with E-state index in [0.717, 1.165) is 16.7 Å². The normalized spacial score (nSPS) is 31.1. The minimum absolute atomic E-state index is 0.0734. The van der Waals surface area contributed by atoms with Crippen molar-refractivity contribution in [3.8, 4) is 35.5 Å². The summed E-state index contributed by atoms with van der Waals surface area (Å²) in [5, 5.41) is 0. The second-order valence-electron chi connectivity index (χ2n) is 18.5. The van der Waals surface area contributed by atoms with Crippen molar-refractivity contribution in [2.45, 2.75) is 96.3 Å². The average molecular weight is 700 g/mol. The molecule has 6 aliphatic rings. The summed E-state index contributed by atoms with van der Waals surface area (Å²) in [6, 6.07) is 12.1. The minimum atomic E-state index is -0.269. The SMILES string of the molecule is CC1(C)[C@@H]2C=C(C#Cc3ccncc3)[C@@]1(C)c1c2c2c(c3c1[C@H]1C=C(C#Cc4ccncc4)[C@]3(C)C1(C)C)[C@H]1C=C(C#Cc3ccncc3)[C@]2(C)C1(C)C. The summed E-state index contributed by atoms with van der Waals surface area (Å²) in [5.41, 5.74) is 15.0. The predicted octanol–water partition coefficient (Wildman–Crippen LogP) is 9.99. The van der Waals surface area contributed by atoms with Crippen molar-refractivity contribution in [1.82, 2.24) is 15.0 Å². The van der Waals surface area contributed by atoms with Crippen LogP contribution in [0.3, 0.4) is 0 Å². The summed E-state index contributed by atoms with van der Waals surface area (Å²) in [6.45, 7) is 22.5. The summed E-state index contributed by atoms with van der Waals surface area (Å²) in [7, 11) is 0. The number of pyridine rings is 3. The van der Waals surface area contributed by atoms with Gasteiger partial charge in [0.2, 0.25) is 0 Å². The number of nitrogens with zero attached hydrogens (tertiary/aromatic N) is 3. The fraction of sp³-hybridized carbons (Fsp3) is 0.353. The van der Waals surface area contributed by atoms with E-state index in [2.05, 4.69) is 131 Å². The Morgan fingerprint density at radius 1 is 0.370 bits per heavy atom. The molecule has 264 valence electrons. The highest BCUT2D eigenvalue weighted by Crippen LogP contribution is 2.80. The van der Waals surface area contributed by atoms with Crippen molar-refractivity contribution < 1.29 is 0 Å². The van der Waals surface area contributed by atoms with Gasteiger partial charge in [-0.05, 0) is 86.0 Å². The molecule has 6 aliphatic carbocycles. The molecule has 4 aromatic rings. The molecule has 54 heavy (non-hydrogen) atoms. The van der Waals surface area contributed by atoms with Gasteiger partial charge in [-0.1, -0.05) is 116 Å². The van der Waals surface area contributed by atoms with Crippen LogP contribution in [0.15, 0.2) is 109 Å². The third-order valence-corrected chi connectivity index (χ3v) is 15.9. The molecule has 10 rings (SSSR count). The maximum atomic E-state index is 4.24. The average Bonchev–Trinajstić information content (AvgIpc) is 3.76. The zero-order valence-corrected chi connectivity index (χ0v) is 32.7. The molecule has 0 amide bonds. The molecule has 0 radical (unpaired) electrons. The van der Waals surface area contributed by atoms with Crippen molar-refractivity contribution >= 4 is 0 Å². The summed E-state index contributed by atoms with van der Waals surface area (Å²) >= 11 is 0. The largest absolute Gasteiger partial charge is 0.265 e. The van der Waals surface area contributed by atoms with Gasteiger partial charge in [0.1, 0.15) is 0 Å². The van der Waals surface area contributed by atoms with Gasteiger partial charge in [0, 0.05) is 105 Å². The number of hydrogen-bond acceptors (Lipinski definition) is 3. The topological polar surface area (TPSA) is 38.7 Å². The standard InChI is InChI=1S/C51H45N3/c1-46(2)37-28-34(13-10-31-16-22-52-23-17-31)49(46,7)43-40(37)44-42(39-30-35(50(44,8)48(39,5)6)14-11-32-18-24-53-25-19-32)45-41(43)38-29-36(51(45,9)47(38,3)4)15-12-33-20-26-54-27-21-33/h16-30,37-39H,1-9H3/t37-,38-,39-,49+,50+,51+/m1/s1. The van der Waals surface area contributed by atoms with Crippen LogP contribution in [0.5, 0.6) is 0 Å². The first-order valence-corrected chi connectivity index (χ1v) is 19.4. The number of allylic oxidation sites excluding steroid dienone is 6. The van der Waals surface area contributed by atoms with E-state index in [9.17, 15) is 0 Å². The van der Waals surface area contributed by atoms with Gasteiger partial charge < -0.3 is 0 Å². The Balaban J connectivity index is 1.27. The van der Waals surface area contributed by atoms with E-state index in [1.54, 1.807) is 16.7 Å². The molecule has 6 bridgehead atoms. The van der Waals surface area contributed by atoms with E-state index >= 15 is 0 Å². The molecular weight excluding hydrogens is 655 g/mol. The molecule has 0 saturated heterocycles. The lowest BCUT2D eigenvalue weighted by Crippen LogP contribution is -2.36. The van der Waals surface area contributed by atoms with E-state index in [4.69, 9.17) is 0 Å². The van der Waals surface area contributed by atoms with E-state index in [1.165, 1.54) is 33.4 Å². The third-order valence-electron chi connectivity index (χ3n) is 15.9. The Bertz CT molecular complexity index is 2320. The molecule has 0 spiro atoms. The molecule has 0 fully saturated rings. The van der Waals surface area contributed by atoms with Crippen LogP contribution in [0.25, 0.3) is 0 Å². The van der Waals surface area contributed by atoms with Gasteiger partial charge in [0.05, 0.1) is 0 Å². The highest BCUT2D eigenvalue weighted by Gasteiger charge is 2.73. The quantitative estimate of drug-likeness (QED) is 0.172. The Kier molecular flexibility index (Phi) is 6.39. The summed E-state index contributed by atoms with van der Waals surface area (Å²) in [5.74, 6) is 22.6. The Labute approximate surface area is 320 Å². The van der Waals surface area contributed by atoms with Gasteiger partial charge in [-0.3, -0.25) is 15.0 Å².